The number of hydrogen-bond acceptors (Lipinski definition) is 6. The highest BCUT2D eigenvalue weighted by atomic mass is 16.5. The summed E-state index contributed by atoms with van der Waals surface area (Å²) in [5, 5.41) is 9.99. The van der Waals surface area contributed by atoms with Gasteiger partial charge in [-0.3, -0.25) is 4.90 Å². The summed E-state index contributed by atoms with van der Waals surface area (Å²) in [6.07, 6.45) is 3.93. The number of piperidine rings is 1. The molecule has 2 aromatic rings. The third-order valence-electron chi connectivity index (χ3n) is 5.71. The molecule has 0 radical (unpaired) electrons. The first-order valence-corrected chi connectivity index (χ1v) is 9.21. The van der Waals surface area contributed by atoms with Gasteiger partial charge < -0.3 is 19.0 Å². The average molecular weight is 358 g/mol. The number of nitrogens with zero attached hydrogens (tertiary/aromatic N) is 2. The number of aliphatic hydroxyl groups excluding tert-OH is 1. The fraction of sp³-hybridized carbons (Fsp3) is 0.550. The first-order chi connectivity index (χ1) is 12.6. The van der Waals surface area contributed by atoms with Gasteiger partial charge in [0.15, 0.2) is 11.5 Å². The smallest absolute Gasteiger partial charge is 0.226 e. The molecule has 2 fully saturated rings. The van der Waals surface area contributed by atoms with Crippen molar-refractivity contribution in [2.24, 2.45) is 0 Å². The number of benzene rings is 1. The minimum absolute atomic E-state index is 0.149. The molecule has 0 amide bonds. The number of aryl methyl sites for hydroxylation is 1. The maximum Gasteiger partial charge on any atom is 0.226 e. The molecule has 2 unspecified atom stereocenters. The Morgan fingerprint density at radius 1 is 1.15 bits per heavy atom. The van der Waals surface area contributed by atoms with Crippen molar-refractivity contribution in [2.75, 3.05) is 14.2 Å². The van der Waals surface area contributed by atoms with Crippen molar-refractivity contribution in [3.8, 4) is 23.0 Å². The highest BCUT2D eigenvalue weighted by molar-refractivity contribution is 5.60. The molecule has 1 aromatic heterocycles. The lowest BCUT2D eigenvalue weighted by Crippen LogP contribution is -2.44. The van der Waals surface area contributed by atoms with Crippen molar-refractivity contribution in [1.29, 1.82) is 0 Å². The molecular formula is C20H26N2O4. The molecule has 2 bridgehead atoms. The Kier molecular flexibility index (Phi) is 4.63. The molecule has 26 heavy (non-hydrogen) atoms. The fourth-order valence-electron chi connectivity index (χ4n) is 4.34. The van der Waals surface area contributed by atoms with E-state index in [4.69, 9.17) is 18.9 Å². The Bertz CT molecular complexity index is 774. The van der Waals surface area contributed by atoms with Gasteiger partial charge in [0.05, 0.1) is 26.0 Å². The third kappa shape index (κ3) is 3.08. The molecule has 2 aliphatic heterocycles. The van der Waals surface area contributed by atoms with Crippen LogP contribution in [0.5, 0.6) is 11.5 Å². The van der Waals surface area contributed by atoms with E-state index in [2.05, 4.69) is 4.90 Å². The number of fused-ring (bicyclic) bond motifs is 2. The second kappa shape index (κ2) is 6.93. The lowest BCUT2D eigenvalue weighted by Gasteiger charge is -2.36. The molecule has 1 N–H and O–H groups in total. The molecular weight excluding hydrogens is 332 g/mol. The number of hydrogen-bond donors (Lipinski definition) is 1. The average Bonchev–Trinajstić information content (AvgIpc) is 3.12. The topological polar surface area (TPSA) is 68.0 Å². The lowest BCUT2D eigenvalue weighted by atomic mass is 9.99. The highest BCUT2D eigenvalue weighted by Gasteiger charge is 2.40. The van der Waals surface area contributed by atoms with Gasteiger partial charge in [0.2, 0.25) is 5.89 Å². The maximum absolute atomic E-state index is 9.99. The molecule has 2 atom stereocenters. The van der Waals surface area contributed by atoms with E-state index in [1.165, 1.54) is 12.8 Å². The summed E-state index contributed by atoms with van der Waals surface area (Å²) >= 11 is 0. The summed E-state index contributed by atoms with van der Waals surface area (Å²) < 4.78 is 16.6. The van der Waals surface area contributed by atoms with Crippen LogP contribution in [0.1, 0.15) is 37.1 Å². The van der Waals surface area contributed by atoms with Gasteiger partial charge in [-0.1, -0.05) is 0 Å². The Morgan fingerprint density at radius 3 is 2.50 bits per heavy atom. The molecule has 0 spiro atoms. The van der Waals surface area contributed by atoms with E-state index in [9.17, 15) is 5.11 Å². The van der Waals surface area contributed by atoms with E-state index in [0.717, 1.165) is 36.4 Å². The molecule has 3 heterocycles. The number of aliphatic hydroxyl groups is 1. The van der Waals surface area contributed by atoms with Crippen molar-refractivity contribution >= 4 is 0 Å². The van der Waals surface area contributed by atoms with Crippen LogP contribution < -0.4 is 9.47 Å². The monoisotopic (exact) mass is 358 g/mol. The van der Waals surface area contributed by atoms with E-state index in [0.29, 0.717) is 29.5 Å². The molecule has 1 aromatic carbocycles. The predicted molar refractivity (Wildman–Crippen MR) is 97.4 cm³/mol. The number of aromatic nitrogens is 1. The van der Waals surface area contributed by atoms with E-state index in [1.54, 1.807) is 14.2 Å². The van der Waals surface area contributed by atoms with Crippen LogP contribution >= 0.6 is 0 Å². The number of methoxy groups -OCH3 is 2. The minimum atomic E-state index is -0.149. The van der Waals surface area contributed by atoms with Gasteiger partial charge in [-0.15, -0.1) is 0 Å². The van der Waals surface area contributed by atoms with Crippen molar-refractivity contribution in [2.45, 2.75) is 57.3 Å². The summed E-state index contributed by atoms with van der Waals surface area (Å²) in [7, 11) is 3.24. The maximum atomic E-state index is 9.99. The molecule has 6 nitrogen and oxygen atoms in total. The van der Waals surface area contributed by atoms with Crippen LogP contribution in [-0.2, 0) is 6.54 Å². The van der Waals surface area contributed by atoms with Crippen LogP contribution in [0.4, 0.5) is 0 Å². The zero-order chi connectivity index (χ0) is 18.3. The second-order valence-corrected chi connectivity index (χ2v) is 7.27. The van der Waals surface area contributed by atoms with Gasteiger partial charge in [-0.05, 0) is 50.8 Å². The SMILES string of the molecule is COc1ccc(-c2nc(CN3C4CCC3CC(O)C4)c(C)o2)cc1OC. The molecule has 0 aliphatic carbocycles. The van der Waals surface area contributed by atoms with Crippen LogP contribution in [0.15, 0.2) is 22.6 Å². The third-order valence-corrected chi connectivity index (χ3v) is 5.71. The number of rotatable bonds is 5. The second-order valence-electron chi connectivity index (χ2n) is 7.27. The fourth-order valence-corrected chi connectivity index (χ4v) is 4.34. The van der Waals surface area contributed by atoms with Crippen LogP contribution in [0.3, 0.4) is 0 Å². The minimum Gasteiger partial charge on any atom is -0.493 e. The summed E-state index contributed by atoms with van der Waals surface area (Å²) in [5.41, 5.74) is 1.84. The largest absolute Gasteiger partial charge is 0.493 e. The Morgan fingerprint density at radius 2 is 1.85 bits per heavy atom. The summed E-state index contributed by atoms with van der Waals surface area (Å²) in [6.45, 7) is 2.75. The molecule has 2 aliphatic rings. The van der Waals surface area contributed by atoms with E-state index in [-0.39, 0.29) is 6.10 Å². The molecule has 0 saturated carbocycles. The first-order valence-electron chi connectivity index (χ1n) is 9.21. The predicted octanol–water partition coefficient (Wildman–Crippen LogP) is 3.15. The normalized spacial score (nSPS) is 25.5. The Hall–Kier alpha value is -2.05. The van der Waals surface area contributed by atoms with Crippen molar-refractivity contribution in [3.63, 3.8) is 0 Å². The summed E-state index contributed by atoms with van der Waals surface area (Å²) in [6, 6.07) is 6.60. The van der Waals surface area contributed by atoms with Gasteiger partial charge in [-0.25, -0.2) is 4.98 Å². The lowest BCUT2D eigenvalue weighted by molar-refractivity contribution is 0.0302. The zero-order valence-corrected chi connectivity index (χ0v) is 15.6. The molecule has 6 heteroatoms. The molecule has 140 valence electrons. The Labute approximate surface area is 153 Å². The summed E-state index contributed by atoms with van der Waals surface area (Å²) in [4.78, 5) is 7.25. The standard InChI is InChI=1S/C20H26N2O4/c1-12-17(11-22-14-5-6-15(22)10-16(23)9-14)21-20(26-12)13-4-7-18(24-2)19(8-13)25-3/h4,7-8,14-16,23H,5-6,9-11H2,1-3H3. The van der Waals surface area contributed by atoms with E-state index >= 15 is 0 Å². The van der Waals surface area contributed by atoms with Crippen LogP contribution in [0, 0.1) is 6.92 Å². The molecule has 4 rings (SSSR count). The summed E-state index contributed by atoms with van der Waals surface area (Å²) in [5.74, 6) is 2.79. The van der Waals surface area contributed by atoms with Gasteiger partial charge >= 0.3 is 0 Å². The highest BCUT2D eigenvalue weighted by Crippen LogP contribution is 2.38. The van der Waals surface area contributed by atoms with Gasteiger partial charge in [0, 0.05) is 24.2 Å². The van der Waals surface area contributed by atoms with E-state index in [1.807, 2.05) is 25.1 Å². The number of ether oxygens (including phenoxy) is 2. The van der Waals surface area contributed by atoms with Crippen molar-refractivity contribution in [1.82, 2.24) is 9.88 Å². The Balaban J connectivity index is 1.57. The van der Waals surface area contributed by atoms with Crippen LogP contribution in [0.2, 0.25) is 0 Å². The van der Waals surface area contributed by atoms with Gasteiger partial charge in [0.25, 0.3) is 0 Å². The molecule has 2 saturated heterocycles. The van der Waals surface area contributed by atoms with Crippen molar-refractivity contribution < 1.29 is 19.0 Å². The zero-order valence-electron chi connectivity index (χ0n) is 15.6. The van der Waals surface area contributed by atoms with Crippen LogP contribution in [0.25, 0.3) is 11.5 Å². The van der Waals surface area contributed by atoms with Gasteiger partial charge in [-0.2, -0.15) is 0 Å². The number of oxazole rings is 1. The van der Waals surface area contributed by atoms with Gasteiger partial charge in [0.1, 0.15) is 5.76 Å². The van der Waals surface area contributed by atoms with Crippen molar-refractivity contribution in [3.05, 3.63) is 29.7 Å². The first kappa shape index (κ1) is 17.4. The quantitative estimate of drug-likeness (QED) is 0.886. The van der Waals surface area contributed by atoms with E-state index < -0.39 is 0 Å². The van der Waals surface area contributed by atoms with Crippen LogP contribution in [-0.4, -0.2) is 47.4 Å².